The van der Waals surface area contributed by atoms with Gasteiger partial charge in [-0.15, -0.1) is 0 Å². The largest absolute Gasteiger partial charge is 0.497 e. The van der Waals surface area contributed by atoms with Gasteiger partial charge in [-0.05, 0) is 77.5 Å². The summed E-state index contributed by atoms with van der Waals surface area (Å²) < 4.78 is 12.0. The molecule has 0 spiro atoms. The molecule has 0 aromatic heterocycles. The maximum absolute atomic E-state index is 13.3. The molecule has 1 N–H and O–H groups in total. The van der Waals surface area contributed by atoms with E-state index in [4.69, 9.17) is 9.47 Å². The maximum atomic E-state index is 13.3. The smallest absolute Gasteiger partial charge is 0.261 e. The Kier molecular flexibility index (Phi) is 10.2. The number of hydrogen-bond donors (Lipinski definition) is 1. The number of carbonyl (C=O) groups excluding carboxylic acids is 2. The third kappa shape index (κ3) is 7.77. The first kappa shape index (κ1) is 26.7. The molecule has 0 radical (unpaired) electrons. The lowest BCUT2D eigenvalue weighted by Gasteiger charge is -2.31. The van der Waals surface area contributed by atoms with Crippen molar-refractivity contribution in [1.29, 1.82) is 0 Å². The zero-order valence-electron chi connectivity index (χ0n) is 20.4. The van der Waals surface area contributed by atoms with E-state index in [0.717, 1.165) is 10.0 Å². The average molecular weight is 519 g/mol. The highest BCUT2D eigenvalue weighted by Crippen LogP contribution is 2.29. The molecule has 0 aliphatic rings. The van der Waals surface area contributed by atoms with Crippen molar-refractivity contribution in [3.05, 3.63) is 58.1 Å². The van der Waals surface area contributed by atoms with E-state index < -0.39 is 6.04 Å². The summed E-state index contributed by atoms with van der Waals surface area (Å²) >= 11 is 3.54. The summed E-state index contributed by atoms with van der Waals surface area (Å²) in [6, 6.07) is 12.7. The van der Waals surface area contributed by atoms with Crippen LogP contribution in [0.1, 0.15) is 58.1 Å². The van der Waals surface area contributed by atoms with Gasteiger partial charge in [0, 0.05) is 12.6 Å². The Hall–Kier alpha value is -2.54. The van der Waals surface area contributed by atoms with Crippen molar-refractivity contribution in [2.45, 2.75) is 65.6 Å². The van der Waals surface area contributed by atoms with Gasteiger partial charge in [0.05, 0.1) is 11.6 Å². The van der Waals surface area contributed by atoms with Crippen LogP contribution in [0.5, 0.6) is 11.5 Å². The van der Waals surface area contributed by atoms with E-state index in [1.54, 1.807) is 12.0 Å². The summed E-state index contributed by atoms with van der Waals surface area (Å²) in [6.45, 7) is 10.1. The van der Waals surface area contributed by atoms with Gasteiger partial charge in [-0.3, -0.25) is 9.59 Å². The van der Waals surface area contributed by atoms with E-state index in [1.807, 2.05) is 63.2 Å². The van der Waals surface area contributed by atoms with Gasteiger partial charge in [0.1, 0.15) is 17.5 Å². The number of carbonyl (C=O) groups is 2. The molecule has 6 nitrogen and oxygen atoms in total. The van der Waals surface area contributed by atoms with Crippen molar-refractivity contribution in [2.75, 3.05) is 13.7 Å². The molecule has 2 aromatic carbocycles. The average Bonchev–Trinajstić information content (AvgIpc) is 2.77. The Balaban J connectivity index is 2.25. The van der Waals surface area contributed by atoms with E-state index in [9.17, 15) is 9.59 Å². The number of benzene rings is 2. The van der Waals surface area contributed by atoms with Gasteiger partial charge < -0.3 is 19.7 Å². The van der Waals surface area contributed by atoms with Gasteiger partial charge in [-0.25, -0.2) is 0 Å². The standard InChI is InChI=1S/C26H35BrN2O4/c1-7-23(26(31)28-18(4)5)29(15-19-9-8-10-21(13-19)32-6)25(30)16-33-24-12-11-20(17(2)3)14-22(24)27/h8-14,17-18,23H,7,15-16H2,1-6H3,(H,28,31). The quantitative estimate of drug-likeness (QED) is 0.438. The van der Waals surface area contributed by atoms with E-state index in [1.165, 1.54) is 5.56 Å². The molecular weight excluding hydrogens is 484 g/mol. The zero-order chi connectivity index (χ0) is 24.5. The van der Waals surface area contributed by atoms with Gasteiger partial charge in [-0.2, -0.15) is 0 Å². The summed E-state index contributed by atoms with van der Waals surface area (Å²) in [7, 11) is 1.60. The molecule has 33 heavy (non-hydrogen) atoms. The van der Waals surface area contributed by atoms with Crippen LogP contribution in [0, 0.1) is 0 Å². The summed E-state index contributed by atoms with van der Waals surface area (Å²) in [4.78, 5) is 27.8. The van der Waals surface area contributed by atoms with Crippen molar-refractivity contribution < 1.29 is 19.1 Å². The van der Waals surface area contributed by atoms with E-state index in [0.29, 0.717) is 23.8 Å². The van der Waals surface area contributed by atoms with E-state index >= 15 is 0 Å². The minimum atomic E-state index is -0.610. The Labute approximate surface area is 205 Å². The van der Waals surface area contributed by atoms with Gasteiger partial charge in [0.15, 0.2) is 6.61 Å². The molecule has 0 saturated heterocycles. The molecule has 0 saturated carbocycles. The molecule has 2 aromatic rings. The molecule has 0 aliphatic heterocycles. The van der Waals surface area contributed by atoms with Gasteiger partial charge in [0.25, 0.3) is 5.91 Å². The van der Waals surface area contributed by atoms with Crippen LogP contribution in [0.4, 0.5) is 0 Å². The molecule has 2 rings (SSSR count). The first-order valence-electron chi connectivity index (χ1n) is 11.3. The monoisotopic (exact) mass is 518 g/mol. The number of rotatable bonds is 11. The Morgan fingerprint density at radius 2 is 1.82 bits per heavy atom. The van der Waals surface area contributed by atoms with Crippen LogP contribution < -0.4 is 14.8 Å². The molecule has 1 unspecified atom stereocenters. The Morgan fingerprint density at radius 3 is 2.39 bits per heavy atom. The maximum Gasteiger partial charge on any atom is 0.261 e. The third-order valence-electron chi connectivity index (χ3n) is 5.28. The number of halogens is 1. The topological polar surface area (TPSA) is 67.9 Å². The number of nitrogens with one attached hydrogen (secondary N) is 1. The lowest BCUT2D eigenvalue weighted by molar-refractivity contribution is -0.143. The zero-order valence-corrected chi connectivity index (χ0v) is 21.9. The van der Waals surface area contributed by atoms with Crippen LogP contribution in [0.2, 0.25) is 0 Å². The normalized spacial score (nSPS) is 11.9. The predicted molar refractivity (Wildman–Crippen MR) is 135 cm³/mol. The van der Waals surface area contributed by atoms with Crippen molar-refractivity contribution >= 4 is 27.7 Å². The van der Waals surface area contributed by atoms with Crippen LogP contribution >= 0.6 is 15.9 Å². The minimum absolute atomic E-state index is 0.0213. The van der Waals surface area contributed by atoms with Crippen LogP contribution in [0.25, 0.3) is 0 Å². The number of hydrogen-bond acceptors (Lipinski definition) is 4. The van der Waals surface area contributed by atoms with Crippen LogP contribution in [0.15, 0.2) is 46.9 Å². The fourth-order valence-corrected chi connectivity index (χ4v) is 3.99. The number of amides is 2. The number of ether oxygens (including phenoxy) is 2. The Morgan fingerprint density at radius 1 is 1.09 bits per heavy atom. The lowest BCUT2D eigenvalue weighted by Crippen LogP contribution is -2.51. The first-order chi connectivity index (χ1) is 15.7. The molecule has 0 heterocycles. The molecule has 2 amide bonds. The van der Waals surface area contributed by atoms with Crippen LogP contribution in [-0.2, 0) is 16.1 Å². The highest BCUT2D eigenvalue weighted by Gasteiger charge is 2.29. The number of nitrogens with zero attached hydrogens (tertiary/aromatic N) is 1. The molecule has 1 atom stereocenters. The lowest BCUT2D eigenvalue weighted by atomic mass is 10.0. The van der Waals surface area contributed by atoms with Crippen LogP contribution in [0.3, 0.4) is 0 Å². The van der Waals surface area contributed by atoms with Crippen molar-refractivity contribution in [1.82, 2.24) is 10.2 Å². The predicted octanol–water partition coefficient (Wildman–Crippen LogP) is 5.29. The summed E-state index contributed by atoms with van der Waals surface area (Å²) in [5, 5.41) is 2.93. The van der Waals surface area contributed by atoms with Crippen molar-refractivity contribution in [3.8, 4) is 11.5 Å². The second-order valence-electron chi connectivity index (χ2n) is 8.59. The third-order valence-corrected chi connectivity index (χ3v) is 5.90. The second kappa shape index (κ2) is 12.6. The molecule has 0 fully saturated rings. The molecule has 180 valence electrons. The first-order valence-corrected chi connectivity index (χ1v) is 12.1. The summed E-state index contributed by atoms with van der Waals surface area (Å²) in [5.74, 6) is 1.24. The molecule has 7 heteroatoms. The van der Waals surface area contributed by atoms with Gasteiger partial charge in [-0.1, -0.05) is 39.0 Å². The fraction of sp³-hybridized carbons (Fsp3) is 0.462. The van der Waals surface area contributed by atoms with E-state index in [2.05, 4.69) is 35.1 Å². The minimum Gasteiger partial charge on any atom is -0.497 e. The van der Waals surface area contributed by atoms with E-state index in [-0.39, 0.29) is 31.0 Å². The van der Waals surface area contributed by atoms with Crippen LogP contribution in [-0.4, -0.2) is 42.5 Å². The van der Waals surface area contributed by atoms with Gasteiger partial charge in [0.2, 0.25) is 5.91 Å². The molecular formula is C26H35BrN2O4. The summed E-state index contributed by atoms with van der Waals surface area (Å²) in [6.07, 6.45) is 0.487. The molecule has 0 aliphatic carbocycles. The molecule has 0 bridgehead atoms. The highest BCUT2D eigenvalue weighted by molar-refractivity contribution is 9.10. The van der Waals surface area contributed by atoms with Gasteiger partial charge >= 0.3 is 0 Å². The summed E-state index contributed by atoms with van der Waals surface area (Å²) in [5.41, 5.74) is 2.05. The van der Waals surface area contributed by atoms with Crippen molar-refractivity contribution in [3.63, 3.8) is 0 Å². The number of methoxy groups -OCH3 is 1. The highest BCUT2D eigenvalue weighted by atomic mass is 79.9. The van der Waals surface area contributed by atoms with Crippen molar-refractivity contribution in [2.24, 2.45) is 0 Å². The SMILES string of the molecule is CCC(C(=O)NC(C)C)N(Cc1cccc(OC)c1)C(=O)COc1ccc(C(C)C)cc1Br. The second-order valence-corrected chi connectivity index (χ2v) is 9.45. The Bertz CT molecular complexity index is 946. The fourth-order valence-electron chi connectivity index (χ4n) is 3.48.